The van der Waals surface area contributed by atoms with Crippen molar-refractivity contribution in [2.24, 2.45) is 0 Å². The fourth-order valence-corrected chi connectivity index (χ4v) is 3.86. The van der Waals surface area contributed by atoms with Crippen LogP contribution in [-0.4, -0.2) is 49.2 Å². The topological polar surface area (TPSA) is 57.7 Å². The highest BCUT2D eigenvalue weighted by atomic mass is 16.5. The van der Waals surface area contributed by atoms with Crippen molar-refractivity contribution in [1.82, 2.24) is 15.2 Å². The number of carbonyl (C=O) groups excluding carboxylic acids is 1. The molecule has 4 rings (SSSR count). The third kappa shape index (κ3) is 3.76. The molecule has 1 atom stereocenters. The molecule has 0 bridgehead atoms. The number of nitrogens with zero attached hydrogens (tertiary/aromatic N) is 3. The Hall–Kier alpha value is -2.60. The average Bonchev–Trinajstić information content (AvgIpc) is 2.70. The SMILES string of the molecule is CN(C)c1nccc2c1CN(C(=O)NC[C@@H]1Cc3ccccc3CO1)CC2. The standard InChI is InChI=1S/C21H26N4O2/c1-24(2)20-19-13-25(10-8-15(19)7-9-22-20)21(26)23-12-18-11-16-5-3-4-6-17(16)14-27-18/h3-7,9,18H,8,10-14H2,1-2H3,(H,23,26)/t18-/m0/s1. The zero-order valence-corrected chi connectivity index (χ0v) is 15.9. The Balaban J connectivity index is 1.36. The summed E-state index contributed by atoms with van der Waals surface area (Å²) < 4.78 is 5.90. The molecule has 6 nitrogen and oxygen atoms in total. The van der Waals surface area contributed by atoms with Gasteiger partial charge in [-0.25, -0.2) is 9.78 Å². The quantitative estimate of drug-likeness (QED) is 0.906. The van der Waals surface area contributed by atoms with Gasteiger partial charge in [-0.3, -0.25) is 0 Å². The molecule has 27 heavy (non-hydrogen) atoms. The third-order valence-corrected chi connectivity index (χ3v) is 5.36. The number of urea groups is 1. The Bertz CT molecular complexity index is 837. The molecule has 0 spiro atoms. The van der Waals surface area contributed by atoms with Crippen LogP contribution < -0.4 is 10.2 Å². The van der Waals surface area contributed by atoms with E-state index in [-0.39, 0.29) is 12.1 Å². The van der Waals surface area contributed by atoms with Gasteiger partial charge in [0.05, 0.1) is 19.3 Å². The van der Waals surface area contributed by atoms with E-state index in [0.29, 0.717) is 19.7 Å². The molecule has 2 amide bonds. The van der Waals surface area contributed by atoms with Crippen molar-refractivity contribution < 1.29 is 9.53 Å². The van der Waals surface area contributed by atoms with E-state index in [1.165, 1.54) is 16.7 Å². The normalized spacial score (nSPS) is 18.4. The number of nitrogens with one attached hydrogen (secondary N) is 1. The number of ether oxygens (including phenoxy) is 1. The third-order valence-electron chi connectivity index (χ3n) is 5.36. The van der Waals surface area contributed by atoms with E-state index in [9.17, 15) is 4.79 Å². The summed E-state index contributed by atoms with van der Waals surface area (Å²) in [5, 5.41) is 3.06. The summed E-state index contributed by atoms with van der Waals surface area (Å²) in [7, 11) is 3.97. The van der Waals surface area contributed by atoms with Crippen LogP contribution in [0.2, 0.25) is 0 Å². The lowest BCUT2D eigenvalue weighted by Gasteiger charge is -2.32. The number of benzene rings is 1. The first-order valence-corrected chi connectivity index (χ1v) is 9.47. The fourth-order valence-electron chi connectivity index (χ4n) is 3.86. The largest absolute Gasteiger partial charge is 0.371 e. The molecule has 2 aromatic rings. The van der Waals surface area contributed by atoms with Gasteiger partial charge in [-0.1, -0.05) is 24.3 Å². The Labute approximate surface area is 160 Å². The van der Waals surface area contributed by atoms with Crippen molar-refractivity contribution in [2.45, 2.75) is 32.1 Å². The lowest BCUT2D eigenvalue weighted by Crippen LogP contribution is -2.46. The number of rotatable bonds is 3. The highest BCUT2D eigenvalue weighted by Gasteiger charge is 2.25. The second kappa shape index (κ2) is 7.56. The predicted molar refractivity (Wildman–Crippen MR) is 105 cm³/mol. The van der Waals surface area contributed by atoms with E-state index in [4.69, 9.17) is 4.74 Å². The molecule has 3 heterocycles. The second-order valence-electron chi connectivity index (χ2n) is 7.43. The maximum absolute atomic E-state index is 12.7. The molecule has 6 heteroatoms. The van der Waals surface area contributed by atoms with Gasteiger partial charge in [-0.15, -0.1) is 0 Å². The zero-order valence-electron chi connectivity index (χ0n) is 15.9. The van der Waals surface area contributed by atoms with Crippen molar-refractivity contribution in [3.05, 3.63) is 58.8 Å². The van der Waals surface area contributed by atoms with E-state index in [1.54, 1.807) is 0 Å². The van der Waals surface area contributed by atoms with Gasteiger partial charge in [0.25, 0.3) is 0 Å². The van der Waals surface area contributed by atoms with E-state index in [1.807, 2.05) is 36.2 Å². The molecule has 0 unspecified atom stereocenters. The first kappa shape index (κ1) is 17.8. The summed E-state index contributed by atoms with van der Waals surface area (Å²) in [6.07, 6.45) is 3.58. The number of aromatic nitrogens is 1. The minimum Gasteiger partial charge on any atom is -0.371 e. The molecule has 1 N–H and O–H groups in total. The van der Waals surface area contributed by atoms with Crippen LogP contribution >= 0.6 is 0 Å². The molecule has 2 aliphatic heterocycles. The number of fused-ring (bicyclic) bond motifs is 2. The van der Waals surface area contributed by atoms with Crippen molar-refractivity contribution in [3.8, 4) is 0 Å². The summed E-state index contributed by atoms with van der Waals surface area (Å²) in [5.74, 6) is 0.942. The van der Waals surface area contributed by atoms with Crippen molar-refractivity contribution in [1.29, 1.82) is 0 Å². The van der Waals surface area contributed by atoms with Crippen LogP contribution in [0.3, 0.4) is 0 Å². The van der Waals surface area contributed by atoms with Gasteiger partial charge in [0.1, 0.15) is 5.82 Å². The maximum Gasteiger partial charge on any atom is 0.317 e. The Morgan fingerprint density at radius 1 is 1.26 bits per heavy atom. The minimum atomic E-state index is -0.0309. The van der Waals surface area contributed by atoms with Crippen LogP contribution in [0.25, 0.3) is 0 Å². The molecule has 0 radical (unpaired) electrons. The van der Waals surface area contributed by atoms with Gasteiger partial charge in [0.2, 0.25) is 0 Å². The highest BCUT2D eigenvalue weighted by Crippen LogP contribution is 2.26. The smallest absolute Gasteiger partial charge is 0.317 e. The first-order valence-electron chi connectivity index (χ1n) is 9.47. The molecular formula is C21H26N4O2. The van der Waals surface area contributed by atoms with Gasteiger partial charge in [-0.05, 0) is 29.2 Å². The van der Waals surface area contributed by atoms with E-state index in [0.717, 1.165) is 30.8 Å². The maximum atomic E-state index is 12.7. The molecule has 1 aromatic carbocycles. The summed E-state index contributed by atoms with van der Waals surface area (Å²) in [6, 6.07) is 10.4. The minimum absolute atomic E-state index is 0.0277. The Kier molecular flexibility index (Phi) is 4.99. The molecule has 1 aromatic heterocycles. The molecule has 142 valence electrons. The Morgan fingerprint density at radius 3 is 2.89 bits per heavy atom. The van der Waals surface area contributed by atoms with Crippen LogP contribution in [0.1, 0.15) is 22.3 Å². The van der Waals surface area contributed by atoms with Crippen molar-refractivity contribution >= 4 is 11.8 Å². The van der Waals surface area contributed by atoms with Crippen LogP contribution in [0, 0.1) is 0 Å². The highest BCUT2D eigenvalue weighted by molar-refractivity contribution is 5.75. The molecule has 0 saturated heterocycles. The van der Waals surface area contributed by atoms with Gasteiger partial charge in [-0.2, -0.15) is 0 Å². The van der Waals surface area contributed by atoms with E-state index >= 15 is 0 Å². The Morgan fingerprint density at radius 2 is 2.07 bits per heavy atom. The van der Waals surface area contributed by atoms with Gasteiger partial charge in [0, 0.05) is 45.4 Å². The number of carbonyl (C=O) groups is 1. The monoisotopic (exact) mass is 366 g/mol. The van der Waals surface area contributed by atoms with Crippen molar-refractivity contribution in [2.75, 3.05) is 32.1 Å². The lowest BCUT2D eigenvalue weighted by atomic mass is 9.99. The predicted octanol–water partition coefficient (Wildman–Crippen LogP) is 2.36. The molecular weight excluding hydrogens is 340 g/mol. The van der Waals surface area contributed by atoms with E-state index in [2.05, 4.69) is 34.6 Å². The number of pyridine rings is 1. The molecule has 2 aliphatic rings. The average molecular weight is 366 g/mol. The summed E-state index contributed by atoms with van der Waals surface area (Å²) in [5.41, 5.74) is 4.99. The van der Waals surface area contributed by atoms with Gasteiger partial charge >= 0.3 is 6.03 Å². The number of hydrogen-bond acceptors (Lipinski definition) is 4. The number of hydrogen-bond donors (Lipinski definition) is 1. The number of amides is 2. The molecule has 0 fully saturated rings. The van der Waals surface area contributed by atoms with E-state index < -0.39 is 0 Å². The van der Waals surface area contributed by atoms with Crippen LogP contribution in [0.4, 0.5) is 10.6 Å². The van der Waals surface area contributed by atoms with Gasteiger partial charge < -0.3 is 19.9 Å². The fraction of sp³-hybridized carbons (Fsp3) is 0.429. The zero-order chi connectivity index (χ0) is 18.8. The van der Waals surface area contributed by atoms with Crippen LogP contribution in [0.15, 0.2) is 36.5 Å². The second-order valence-corrected chi connectivity index (χ2v) is 7.43. The summed E-state index contributed by atoms with van der Waals surface area (Å²) >= 11 is 0. The molecule has 0 saturated carbocycles. The number of anilines is 1. The summed E-state index contributed by atoms with van der Waals surface area (Å²) in [6.45, 7) is 2.47. The van der Waals surface area contributed by atoms with Crippen LogP contribution in [0.5, 0.6) is 0 Å². The molecule has 0 aliphatic carbocycles. The summed E-state index contributed by atoms with van der Waals surface area (Å²) in [4.78, 5) is 21.1. The van der Waals surface area contributed by atoms with Gasteiger partial charge in [0.15, 0.2) is 0 Å². The van der Waals surface area contributed by atoms with Crippen LogP contribution in [-0.2, 0) is 30.7 Å². The lowest BCUT2D eigenvalue weighted by molar-refractivity contribution is 0.0296. The van der Waals surface area contributed by atoms with Crippen molar-refractivity contribution in [3.63, 3.8) is 0 Å². The first-order chi connectivity index (χ1) is 13.1.